The van der Waals surface area contributed by atoms with Gasteiger partial charge >= 0.3 is 13.2 Å². The minimum Gasteiger partial charge on any atom is -0.431 e. The first-order chi connectivity index (χ1) is 13.5. The summed E-state index contributed by atoms with van der Waals surface area (Å²) in [7, 11) is 0. The van der Waals surface area contributed by atoms with Gasteiger partial charge in [-0.2, -0.15) is 17.6 Å². The van der Waals surface area contributed by atoms with Crippen molar-refractivity contribution in [3.8, 4) is 11.5 Å². The van der Waals surface area contributed by atoms with Crippen LogP contribution in [0.5, 0.6) is 11.5 Å². The van der Waals surface area contributed by atoms with Crippen molar-refractivity contribution in [3.63, 3.8) is 0 Å². The van der Waals surface area contributed by atoms with Crippen molar-refractivity contribution in [2.75, 3.05) is 0 Å². The van der Waals surface area contributed by atoms with Gasteiger partial charge in [-0.15, -0.1) is 0 Å². The lowest BCUT2D eigenvalue weighted by atomic mass is 9.83. The molecule has 1 aromatic heterocycles. The summed E-state index contributed by atoms with van der Waals surface area (Å²) in [6.45, 7) is -6.29. The molecular formula is C21H19F4NO2. The fourth-order valence-electron chi connectivity index (χ4n) is 3.20. The van der Waals surface area contributed by atoms with Crippen LogP contribution in [0.15, 0.2) is 66.5 Å². The summed E-state index contributed by atoms with van der Waals surface area (Å²) < 4.78 is 59.5. The predicted molar refractivity (Wildman–Crippen MR) is 96.8 cm³/mol. The van der Waals surface area contributed by atoms with Crippen molar-refractivity contribution in [2.24, 2.45) is 0 Å². The molecule has 3 rings (SSSR count). The molecule has 3 nitrogen and oxygen atoms in total. The SMILES string of the molecule is FC(F)Oc1ccc(C(Cc2ccncc2)C2=CCCC=C2)cc1OC(F)F. The van der Waals surface area contributed by atoms with E-state index in [1.807, 2.05) is 18.2 Å². The summed E-state index contributed by atoms with van der Waals surface area (Å²) in [5, 5.41) is 0. The van der Waals surface area contributed by atoms with Gasteiger partial charge in [0.25, 0.3) is 0 Å². The van der Waals surface area contributed by atoms with E-state index in [1.54, 1.807) is 18.5 Å². The summed E-state index contributed by atoms with van der Waals surface area (Å²) in [5.41, 5.74) is 2.73. The molecule has 0 spiro atoms. The summed E-state index contributed by atoms with van der Waals surface area (Å²) >= 11 is 0. The molecule has 0 N–H and O–H groups in total. The van der Waals surface area contributed by atoms with Crippen LogP contribution in [0.3, 0.4) is 0 Å². The van der Waals surface area contributed by atoms with E-state index >= 15 is 0 Å². The molecule has 28 heavy (non-hydrogen) atoms. The van der Waals surface area contributed by atoms with E-state index in [4.69, 9.17) is 0 Å². The van der Waals surface area contributed by atoms with Crippen molar-refractivity contribution in [2.45, 2.75) is 38.4 Å². The Morgan fingerprint density at radius 3 is 2.25 bits per heavy atom. The summed E-state index contributed by atoms with van der Waals surface area (Å²) in [6.07, 6.45) is 11.9. The van der Waals surface area contributed by atoms with Crippen molar-refractivity contribution in [3.05, 3.63) is 77.7 Å². The number of rotatable bonds is 8. The minimum absolute atomic E-state index is 0.153. The molecule has 1 aromatic carbocycles. The summed E-state index contributed by atoms with van der Waals surface area (Å²) in [5.74, 6) is -0.984. The Balaban J connectivity index is 1.98. The molecule has 148 valence electrons. The van der Waals surface area contributed by atoms with Gasteiger partial charge in [0.05, 0.1) is 0 Å². The predicted octanol–water partition coefficient (Wildman–Crippen LogP) is 5.89. The molecule has 0 bridgehead atoms. The maximum Gasteiger partial charge on any atom is 0.387 e. The average Bonchev–Trinajstić information content (AvgIpc) is 2.68. The lowest BCUT2D eigenvalue weighted by molar-refractivity contribution is -0.0692. The number of alkyl halides is 4. The van der Waals surface area contributed by atoms with E-state index in [0.717, 1.165) is 24.0 Å². The molecule has 1 atom stereocenters. The van der Waals surface area contributed by atoms with E-state index < -0.39 is 24.7 Å². The van der Waals surface area contributed by atoms with Crippen LogP contribution in [0.2, 0.25) is 0 Å². The first kappa shape index (κ1) is 19.9. The largest absolute Gasteiger partial charge is 0.431 e. The number of hydrogen-bond donors (Lipinski definition) is 0. The number of aromatic nitrogens is 1. The van der Waals surface area contributed by atoms with Crippen LogP contribution in [0.25, 0.3) is 0 Å². The molecule has 0 saturated carbocycles. The topological polar surface area (TPSA) is 31.4 Å². The second-order valence-electron chi connectivity index (χ2n) is 6.26. The highest BCUT2D eigenvalue weighted by atomic mass is 19.3. The maximum atomic E-state index is 12.8. The Kier molecular flexibility index (Phi) is 6.68. The lowest BCUT2D eigenvalue weighted by Crippen LogP contribution is -2.11. The molecule has 0 saturated heterocycles. The Morgan fingerprint density at radius 2 is 1.61 bits per heavy atom. The number of ether oxygens (including phenoxy) is 2. The zero-order chi connectivity index (χ0) is 19.9. The van der Waals surface area contributed by atoms with Crippen LogP contribution in [-0.2, 0) is 6.42 Å². The van der Waals surface area contributed by atoms with Crippen LogP contribution >= 0.6 is 0 Å². The van der Waals surface area contributed by atoms with E-state index in [0.29, 0.717) is 12.0 Å². The minimum atomic E-state index is -3.15. The van der Waals surface area contributed by atoms with Gasteiger partial charge in [0.2, 0.25) is 0 Å². The normalized spacial score (nSPS) is 14.9. The third kappa shape index (κ3) is 5.34. The molecule has 0 radical (unpaired) electrons. The molecule has 1 aliphatic rings. The van der Waals surface area contributed by atoms with Crippen molar-refractivity contribution in [1.82, 2.24) is 4.98 Å². The molecular weight excluding hydrogens is 374 g/mol. The number of pyridine rings is 1. The Morgan fingerprint density at radius 1 is 0.893 bits per heavy atom. The fourth-order valence-corrected chi connectivity index (χ4v) is 3.20. The van der Waals surface area contributed by atoms with E-state index in [9.17, 15) is 17.6 Å². The molecule has 0 fully saturated rings. The van der Waals surface area contributed by atoms with E-state index in [-0.39, 0.29) is 5.92 Å². The van der Waals surface area contributed by atoms with Gasteiger partial charge in [0, 0.05) is 18.3 Å². The second kappa shape index (κ2) is 9.39. The van der Waals surface area contributed by atoms with Gasteiger partial charge in [0.1, 0.15) is 0 Å². The smallest absolute Gasteiger partial charge is 0.387 e. The monoisotopic (exact) mass is 393 g/mol. The Bertz CT molecular complexity index is 838. The standard InChI is InChI=1S/C21H19F4NO2/c22-20(23)27-18-7-6-16(13-19(18)28-21(24)25)17(15-4-2-1-3-5-15)12-14-8-10-26-11-9-14/h2,4-11,13,17,20-21H,1,3,12H2. The average molecular weight is 393 g/mol. The lowest BCUT2D eigenvalue weighted by Gasteiger charge is -2.22. The zero-order valence-electron chi connectivity index (χ0n) is 14.9. The highest BCUT2D eigenvalue weighted by Crippen LogP contribution is 2.38. The molecule has 1 heterocycles. The van der Waals surface area contributed by atoms with Crippen LogP contribution in [0.4, 0.5) is 17.6 Å². The first-order valence-electron chi connectivity index (χ1n) is 8.82. The maximum absolute atomic E-state index is 12.8. The third-order valence-corrected chi connectivity index (χ3v) is 4.42. The third-order valence-electron chi connectivity index (χ3n) is 4.42. The molecule has 2 aromatic rings. The number of nitrogens with zero attached hydrogens (tertiary/aromatic N) is 1. The summed E-state index contributed by atoms with van der Waals surface area (Å²) in [4.78, 5) is 4.00. The number of allylic oxidation sites excluding steroid dienone is 4. The zero-order valence-corrected chi connectivity index (χ0v) is 14.9. The van der Waals surface area contributed by atoms with Crippen molar-refractivity contribution < 1.29 is 27.0 Å². The van der Waals surface area contributed by atoms with Crippen molar-refractivity contribution >= 4 is 0 Å². The summed E-state index contributed by atoms with van der Waals surface area (Å²) in [6, 6.07) is 7.95. The van der Waals surface area contributed by atoms with Crippen molar-refractivity contribution in [1.29, 1.82) is 0 Å². The molecule has 1 aliphatic carbocycles. The molecule has 7 heteroatoms. The number of benzene rings is 1. The second-order valence-corrected chi connectivity index (χ2v) is 6.26. The first-order valence-corrected chi connectivity index (χ1v) is 8.82. The van der Waals surface area contributed by atoms with E-state index in [1.165, 1.54) is 12.1 Å². The Labute approximate surface area is 160 Å². The van der Waals surface area contributed by atoms with Gasteiger partial charge in [-0.3, -0.25) is 4.98 Å². The number of halogens is 4. The molecule has 0 amide bonds. The highest BCUT2D eigenvalue weighted by Gasteiger charge is 2.21. The van der Waals surface area contributed by atoms with E-state index in [2.05, 4.69) is 26.6 Å². The quantitative estimate of drug-likeness (QED) is 0.524. The van der Waals surface area contributed by atoms with Gasteiger partial charge in [0.15, 0.2) is 11.5 Å². The van der Waals surface area contributed by atoms with Gasteiger partial charge in [-0.05, 0) is 60.2 Å². The highest BCUT2D eigenvalue weighted by molar-refractivity contribution is 5.48. The Hall–Kier alpha value is -2.83. The van der Waals surface area contributed by atoms with Crippen LogP contribution in [0.1, 0.15) is 29.9 Å². The van der Waals surface area contributed by atoms with Gasteiger partial charge < -0.3 is 9.47 Å². The van der Waals surface area contributed by atoms with Gasteiger partial charge in [-0.25, -0.2) is 0 Å². The molecule has 0 aliphatic heterocycles. The van der Waals surface area contributed by atoms with Crippen LogP contribution in [-0.4, -0.2) is 18.2 Å². The van der Waals surface area contributed by atoms with Crippen LogP contribution < -0.4 is 9.47 Å². The van der Waals surface area contributed by atoms with Gasteiger partial charge in [-0.1, -0.05) is 24.3 Å². The fraction of sp³-hybridized carbons (Fsp3) is 0.286. The molecule has 1 unspecified atom stereocenters. The number of hydrogen-bond acceptors (Lipinski definition) is 3. The van der Waals surface area contributed by atoms with Crippen LogP contribution in [0, 0.1) is 0 Å².